The average molecular weight is 282 g/mol. The second kappa shape index (κ2) is 7.44. The van der Waals surface area contributed by atoms with Gasteiger partial charge in [-0.2, -0.15) is 5.26 Å². The van der Waals surface area contributed by atoms with E-state index in [2.05, 4.69) is 11.4 Å². The number of methoxy groups -OCH3 is 1. The maximum Gasteiger partial charge on any atom is 0.119 e. The number of nitrogens with one attached hydrogen (secondary N) is 1. The number of benzene rings is 2. The molecule has 0 fully saturated rings. The lowest BCUT2D eigenvalue weighted by molar-refractivity contribution is 0.174. The fourth-order valence-corrected chi connectivity index (χ4v) is 2.02. The molecule has 0 radical (unpaired) electrons. The van der Waals surface area contributed by atoms with Crippen LogP contribution < -0.4 is 10.1 Å². The monoisotopic (exact) mass is 282 g/mol. The van der Waals surface area contributed by atoms with Gasteiger partial charge < -0.3 is 15.2 Å². The van der Waals surface area contributed by atoms with Gasteiger partial charge in [0, 0.05) is 13.1 Å². The Morgan fingerprint density at radius 2 is 2.00 bits per heavy atom. The smallest absolute Gasteiger partial charge is 0.119 e. The van der Waals surface area contributed by atoms with E-state index in [4.69, 9.17) is 10.00 Å². The summed E-state index contributed by atoms with van der Waals surface area (Å²) in [5.41, 5.74) is 2.55. The number of nitriles is 1. The summed E-state index contributed by atoms with van der Waals surface area (Å²) in [5, 5.41) is 22.1. The van der Waals surface area contributed by atoms with Crippen LogP contribution in [0.4, 0.5) is 0 Å². The molecule has 0 saturated carbocycles. The Balaban J connectivity index is 1.85. The maximum absolute atomic E-state index is 10.1. The zero-order chi connectivity index (χ0) is 15.1. The third-order valence-corrected chi connectivity index (χ3v) is 3.23. The number of hydrogen-bond donors (Lipinski definition) is 2. The summed E-state index contributed by atoms with van der Waals surface area (Å²) in [5.74, 6) is 0.735. The molecular weight excluding hydrogens is 264 g/mol. The van der Waals surface area contributed by atoms with Crippen molar-refractivity contribution in [3.63, 3.8) is 0 Å². The molecule has 2 rings (SSSR count). The summed E-state index contributed by atoms with van der Waals surface area (Å²) in [6, 6.07) is 16.9. The average Bonchev–Trinajstić information content (AvgIpc) is 2.55. The van der Waals surface area contributed by atoms with Gasteiger partial charge in [-0.3, -0.25) is 0 Å². The highest BCUT2D eigenvalue weighted by Gasteiger charge is 2.07. The molecule has 1 atom stereocenters. The van der Waals surface area contributed by atoms with E-state index in [0.717, 1.165) is 16.9 Å². The second-order valence-corrected chi connectivity index (χ2v) is 4.73. The van der Waals surface area contributed by atoms with Gasteiger partial charge in [0.05, 0.1) is 24.8 Å². The van der Waals surface area contributed by atoms with E-state index in [-0.39, 0.29) is 0 Å². The molecule has 4 heteroatoms. The lowest BCUT2D eigenvalue weighted by atomic mass is 10.1. The molecule has 21 heavy (non-hydrogen) atoms. The van der Waals surface area contributed by atoms with Crippen LogP contribution in [-0.4, -0.2) is 18.8 Å². The summed E-state index contributed by atoms with van der Waals surface area (Å²) in [6.45, 7) is 1.10. The molecule has 2 N–H and O–H groups in total. The number of hydrogen-bond acceptors (Lipinski definition) is 4. The molecule has 0 bridgehead atoms. The third-order valence-electron chi connectivity index (χ3n) is 3.23. The first-order valence-electron chi connectivity index (χ1n) is 6.74. The molecule has 4 nitrogen and oxygen atoms in total. The first-order valence-corrected chi connectivity index (χ1v) is 6.74. The number of nitrogens with zero attached hydrogens (tertiary/aromatic N) is 1. The highest BCUT2D eigenvalue weighted by atomic mass is 16.5. The minimum atomic E-state index is -0.585. The van der Waals surface area contributed by atoms with Crippen molar-refractivity contribution in [2.24, 2.45) is 0 Å². The molecule has 0 aliphatic rings. The van der Waals surface area contributed by atoms with E-state index in [1.165, 1.54) is 0 Å². The molecule has 0 spiro atoms. The quantitative estimate of drug-likeness (QED) is 0.854. The van der Waals surface area contributed by atoms with Crippen molar-refractivity contribution in [2.45, 2.75) is 12.6 Å². The number of aliphatic hydroxyl groups is 1. The van der Waals surface area contributed by atoms with Crippen molar-refractivity contribution in [1.29, 1.82) is 5.26 Å². The zero-order valence-electron chi connectivity index (χ0n) is 11.9. The fraction of sp³-hybridized carbons (Fsp3) is 0.235. The number of rotatable bonds is 6. The van der Waals surface area contributed by atoms with Crippen LogP contribution >= 0.6 is 0 Å². The molecular formula is C17H18N2O2. The SMILES string of the molecule is COc1cccc(C(O)CNCc2ccc(C#N)cc2)c1. The molecule has 0 aliphatic carbocycles. The van der Waals surface area contributed by atoms with Gasteiger partial charge in [-0.15, -0.1) is 0 Å². The van der Waals surface area contributed by atoms with E-state index in [1.807, 2.05) is 36.4 Å². The van der Waals surface area contributed by atoms with Crippen LogP contribution in [0.1, 0.15) is 22.8 Å². The van der Waals surface area contributed by atoms with Crippen molar-refractivity contribution in [1.82, 2.24) is 5.32 Å². The Morgan fingerprint density at radius 1 is 1.24 bits per heavy atom. The van der Waals surface area contributed by atoms with Gasteiger partial charge in [0.1, 0.15) is 5.75 Å². The summed E-state index contributed by atoms with van der Waals surface area (Å²) in [7, 11) is 1.61. The summed E-state index contributed by atoms with van der Waals surface area (Å²) in [4.78, 5) is 0. The van der Waals surface area contributed by atoms with E-state index in [0.29, 0.717) is 18.7 Å². The molecule has 0 aromatic heterocycles. The normalized spacial score (nSPS) is 11.7. The van der Waals surface area contributed by atoms with Gasteiger partial charge in [-0.25, -0.2) is 0 Å². The molecule has 108 valence electrons. The van der Waals surface area contributed by atoms with Crippen molar-refractivity contribution in [3.05, 3.63) is 65.2 Å². The molecule has 0 aliphatic heterocycles. The van der Waals surface area contributed by atoms with E-state index >= 15 is 0 Å². The lowest BCUT2D eigenvalue weighted by Gasteiger charge is -2.13. The van der Waals surface area contributed by atoms with Gasteiger partial charge >= 0.3 is 0 Å². The minimum absolute atomic E-state index is 0.452. The number of ether oxygens (including phenoxy) is 1. The van der Waals surface area contributed by atoms with Gasteiger partial charge in [-0.1, -0.05) is 24.3 Å². The van der Waals surface area contributed by atoms with Crippen LogP contribution in [-0.2, 0) is 6.54 Å². The van der Waals surface area contributed by atoms with Crippen LogP contribution in [0.2, 0.25) is 0 Å². The minimum Gasteiger partial charge on any atom is -0.497 e. The van der Waals surface area contributed by atoms with Gasteiger partial charge in [-0.05, 0) is 35.4 Å². The molecule has 0 heterocycles. The first-order chi connectivity index (χ1) is 10.2. The molecule has 2 aromatic carbocycles. The van der Waals surface area contributed by atoms with Crippen LogP contribution in [0.15, 0.2) is 48.5 Å². The largest absolute Gasteiger partial charge is 0.497 e. The topological polar surface area (TPSA) is 65.3 Å². The number of aliphatic hydroxyl groups excluding tert-OH is 1. The molecule has 0 amide bonds. The molecule has 0 saturated heterocycles. The standard InChI is InChI=1S/C17H18N2O2/c1-21-16-4-2-3-15(9-16)17(20)12-19-11-14-7-5-13(10-18)6-8-14/h2-9,17,19-20H,11-12H2,1H3. The van der Waals surface area contributed by atoms with Crippen LogP contribution in [0.25, 0.3) is 0 Å². The highest BCUT2D eigenvalue weighted by molar-refractivity contribution is 5.32. The Labute approximate surface area is 124 Å². The first kappa shape index (κ1) is 15.0. The van der Waals surface area contributed by atoms with Crippen molar-refractivity contribution in [2.75, 3.05) is 13.7 Å². The summed E-state index contributed by atoms with van der Waals surface area (Å²) < 4.78 is 5.14. The summed E-state index contributed by atoms with van der Waals surface area (Å²) >= 11 is 0. The van der Waals surface area contributed by atoms with Crippen LogP contribution in [0.5, 0.6) is 5.75 Å². The Kier molecular flexibility index (Phi) is 5.33. The van der Waals surface area contributed by atoms with Crippen molar-refractivity contribution in [3.8, 4) is 11.8 Å². The van der Waals surface area contributed by atoms with Crippen molar-refractivity contribution >= 4 is 0 Å². The Morgan fingerprint density at radius 3 is 2.67 bits per heavy atom. The van der Waals surface area contributed by atoms with Crippen LogP contribution in [0.3, 0.4) is 0 Å². The third kappa shape index (κ3) is 4.32. The molecule has 2 aromatic rings. The van der Waals surface area contributed by atoms with Crippen LogP contribution in [0, 0.1) is 11.3 Å². The highest BCUT2D eigenvalue weighted by Crippen LogP contribution is 2.18. The van der Waals surface area contributed by atoms with Crippen molar-refractivity contribution < 1.29 is 9.84 Å². The van der Waals surface area contributed by atoms with Gasteiger partial charge in [0.25, 0.3) is 0 Å². The predicted molar refractivity (Wildman–Crippen MR) is 80.8 cm³/mol. The zero-order valence-corrected chi connectivity index (χ0v) is 11.9. The second-order valence-electron chi connectivity index (χ2n) is 4.73. The fourth-order valence-electron chi connectivity index (χ4n) is 2.02. The maximum atomic E-state index is 10.1. The van der Waals surface area contributed by atoms with E-state index < -0.39 is 6.10 Å². The molecule has 1 unspecified atom stereocenters. The Hall–Kier alpha value is -2.35. The summed E-state index contributed by atoms with van der Waals surface area (Å²) in [6.07, 6.45) is -0.585. The van der Waals surface area contributed by atoms with E-state index in [1.54, 1.807) is 19.2 Å². The van der Waals surface area contributed by atoms with Gasteiger partial charge in [0.2, 0.25) is 0 Å². The Bertz CT molecular complexity index is 617. The van der Waals surface area contributed by atoms with Gasteiger partial charge in [0.15, 0.2) is 0 Å². The predicted octanol–water partition coefficient (Wildman–Crippen LogP) is 2.39. The van der Waals surface area contributed by atoms with E-state index in [9.17, 15) is 5.11 Å². The lowest BCUT2D eigenvalue weighted by Crippen LogP contribution is -2.21.